The molecule has 0 heterocycles. The summed E-state index contributed by atoms with van der Waals surface area (Å²) in [6.07, 6.45) is 0. The molecule has 6 heteroatoms. The van der Waals surface area contributed by atoms with E-state index in [0.29, 0.717) is 19.8 Å². The molecule has 0 atom stereocenters. The van der Waals surface area contributed by atoms with E-state index in [-0.39, 0.29) is 17.2 Å². The van der Waals surface area contributed by atoms with E-state index in [4.69, 9.17) is 4.74 Å². The molecule has 0 saturated heterocycles. The molecule has 0 unspecified atom stereocenters. The number of amides is 1. The van der Waals surface area contributed by atoms with Gasteiger partial charge in [0.05, 0.1) is 18.8 Å². The minimum Gasteiger partial charge on any atom is -0.507 e. The number of phenolic OH excluding ortho intramolecular Hbond substituents is 1. The van der Waals surface area contributed by atoms with Crippen molar-refractivity contribution in [3.8, 4) is 5.75 Å². The summed E-state index contributed by atoms with van der Waals surface area (Å²) < 4.78 is 5.94. The number of halogens is 2. The lowest BCUT2D eigenvalue weighted by Gasteiger charge is -2.07. The number of hydrogen-bond acceptors (Lipinski definition) is 3. The van der Waals surface area contributed by atoms with Crippen molar-refractivity contribution in [1.82, 2.24) is 5.32 Å². The zero-order valence-electron chi connectivity index (χ0n) is 9.08. The molecular formula is C11H13Br2NO3. The van der Waals surface area contributed by atoms with E-state index >= 15 is 0 Å². The average Bonchev–Trinajstić information content (AvgIpc) is 2.32. The van der Waals surface area contributed by atoms with Crippen LogP contribution in [0.5, 0.6) is 5.75 Å². The lowest BCUT2D eigenvalue weighted by molar-refractivity contribution is 0.0921. The summed E-state index contributed by atoms with van der Waals surface area (Å²) in [5, 5.41) is 13.0. The Hall–Kier alpha value is -0.590. The van der Waals surface area contributed by atoms with Gasteiger partial charge in [-0.1, -0.05) is 31.9 Å². The van der Waals surface area contributed by atoms with Crippen LogP contribution in [0.1, 0.15) is 10.4 Å². The number of aromatic hydroxyl groups is 1. The first-order valence-electron chi connectivity index (χ1n) is 5.05. The van der Waals surface area contributed by atoms with Crippen LogP contribution in [0, 0.1) is 0 Å². The maximum absolute atomic E-state index is 11.7. The summed E-state index contributed by atoms with van der Waals surface area (Å²) in [5.41, 5.74) is 0.250. The molecule has 0 fully saturated rings. The van der Waals surface area contributed by atoms with Crippen molar-refractivity contribution in [2.24, 2.45) is 0 Å². The van der Waals surface area contributed by atoms with Crippen LogP contribution in [0.3, 0.4) is 0 Å². The van der Waals surface area contributed by atoms with Crippen LogP contribution in [-0.4, -0.2) is 36.1 Å². The summed E-state index contributed by atoms with van der Waals surface area (Å²) >= 11 is 6.48. The molecule has 17 heavy (non-hydrogen) atoms. The topological polar surface area (TPSA) is 58.6 Å². The highest BCUT2D eigenvalue weighted by Gasteiger charge is 2.10. The van der Waals surface area contributed by atoms with Gasteiger partial charge in [0.25, 0.3) is 5.91 Å². The van der Waals surface area contributed by atoms with Crippen LogP contribution < -0.4 is 5.32 Å². The Morgan fingerprint density at radius 3 is 2.88 bits per heavy atom. The first-order valence-corrected chi connectivity index (χ1v) is 6.97. The Morgan fingerprint density at radius 1 is 1.41 bits per heavy atom. The van der Waals surface area contributed by atoms with Crippen molar-refractivity contribution in [3.63, 3.8) is 0 Å². The lowest BCUT2D eigenvalue weighted by Crippen LogP contribution is -2.27. The van der Waals surface area contributed by atoms with Crippen LogP contribution >= 0.6 is 31.9 Å². The molecule has 2 N–H and O–H groups in total. The van der Waals surface area contributed by atoms with Crippen LogP contribution in [0.15, 0.2) is 22.7 Å². The SMILES string of the molecule is O=C(NCCOCCBr)c1cc(Br)ccc1O. The number of carbonyl (C=O) groups excluding carboxylic acids is 1. The van der Waals surface area contributed by atoms with E-state index in [1.54, 1.807) is 12.1 Å². The summed E-state index contributed by atoms with van der Waals surface area (Å²) in [6.45, 7) is 1.47. The van der Waals surface area contributed by atoms with Gasteiger partial charge in [0.15, 0.2) is 0 Å². The first-order chi connectivity index (χ1) is 8.15. The van der Waals surface area contributed by atoms with Crippen molar-refractivity contribution in [2.45, 2.75) is 0 Å². The van der Waals surface area contributed by atoms with Crippen LogP contribution in [-0.2, 0) is 4.74 Å². The second-order valence-corrected chi connectivity index (χ2v) is 4.93. The van der Waals surface area contributed by atoms with E-state index in [0.717, 1.165) is 9.80 Å². The predicted molar refractivity (Wildman–Crippen MR) is 72.8 cm³/mol. The van der Waals surface area contributed by atoms with Crippen molar-refractivity contribution < 1.29 is 14.6 Å². The van der Waals surface area contributed by atoms with Gasteiger partial charge in [0, 0.05) is 16.3 Å². The molecule has 0 aromatic heterocycles. The van der Waals surface area contributed by atoms with Gasteiger partial charge in [-0.3, -0.25) is 4.79 Å². The molecule has 0 bridgehead atoms. The van der Waals surface area contributed by atoms with Gasteiger partial charge in [-0.05, 0) is 18.2 Å². The summed E-state index contributed by atoms with van der Waals surface area (Å²) in [7, 11) is 0. The monoisotopic (exact) mass is 365 g/mol. The molecule has 0 aliphatic carbocycles. The van der Waals surface area contributed by atoms with Gasteiger partial charge >= 0.3 is 0 Å². The Bertz CT molecular complexity index is 385. The molecule has 1 rings (SSSR count). The van der Waals surface area contributed by atoms with Gasteiger partial charge in [0.1, 0.15) is 5.75 Å². The Balaban J connectivity index is 2.44. The van der Waals surface area contributed by atoms with Gasteiger partial charge in [-0.2, -0.15) is 0 Å². The van der Waals surface area contributed by atoms with Crippen LogP contribution in [0.4, 0.5) is 0 Å². The minimum atomic E-state index is -0.314. The second kappa shape index (κ2) is 7.68. The maximum Gasteiger partial charge on any atom is 0.255 e. The fourth-order valence-electron chi connectivity index (χ4n) is 1.18. The molecule has 1 aromatic rings. The standard InChI is InChI=1S/C11H13Br2NO3/c12-3-5-17-6-4-14-11(16)9-7-8(13)1-2-10(9)15/h1-2,7,15H,3-6H2,(H,14,16). The largest absolute Gasteiger partial charge is 0.507 e. The fourth-order valence-corrected chi connectivity index (χ4v) is 1.77. The average molecular weight is 367 g/mol. The highest BCUT2D eigenvalue weighted by atomic mass is 79.9. The first kappa shape index (κ1) is 14.5. The third-order valence-electron chi connectivity index (χ3n) is 1.96. The third kappa shape index (κ3) is 5.06. The number of carbonyl (C=O) groups is 1. The van der Waals surface area contributed by atoms with E-state index in [9.17, 15) is 9.90 Å². The molecule has 0 saturated carbocycles. The van der Waals surface area contributed by atoms with E-state index in [1.807, 2.05) is 0 Å². The van der Waals surface area contributed by atoms with E-state index in [1.165, 1.54) is 6.07 Å². The molecule has 1 aromatic carbocycles. The molecule has 1 amide bonds. The van der Waals surface area contributed by atoms with Gasteiger partial charge < -0.3 is 15.2 Å². The molecule has 0 aliphatic rings. The Morgan fingerprint density at radius 2 is 2.18 bits per heavy atom. The van der Waals surface area contributed by atoms with E-state index in [2.05, 4.69) is 37.2 Å². The second-order valence-electron chi connectivity index (χ2n) is 3.22. The van der Waals surface area contributed by atoms with Crippen molar-refractivity contribution in [3.05, 3.63) is 28.2 Å². The summed E-state index contributed by atoms with van der Waals surface area (Å²) in [5.74, 6) is -0.349. The van der Waals surface area contributed by atoms with E-state index < -0.39 is 0 Å². The van der Waals surface area contributed by atoms with Gasteiger partial charge in [0.2, 0.25) is 0 Å². The van der Waals surface area contributed by atoms with Crippen LogP contribution in [0.2, 0.25) is 0 Å². The highest BCUT2D eigenvalue weighted by molar-refractivity contribution is 9.10. The predicted octanol–water partition coefficient (Wildman–Crippen LogP) is 2.30. The van der Waals surface area contributed by atoms with Crippen molar-refractivity contribution in [2.75, 3.05) is 25.1 Å². The smallest absolute Gasteiger partial charge is 0.255 e. The van der Waals surface area contributed by atoms with Gasteiger partial charge in [-0.15, -0.1) is 0 Å². The molecule has 0 spiro atoms. The Kier molecular flexibility index (Phi) is 6.54. The molecule has 0 radical (unpaired) electrons. The van der Waals surface area contributed by atoms with Crippen LogP contribution in [0.25, 0.3) is 0 Å². The number of rotatable bonds is 6. The van der Waals surface area contributed by atoms with Crippen molar-refractivity contribution >= 4 is 37.8 Å². The number of nitrogens with one attached hydrogen (secondary N) is 1. The molecular weight excluding hydrogens is 354 g/mol. The number of ether oxygens (including phenoxy) is 1. The Labute approximate surface area is 117 Å². The zero-order valence-corrected chi connectivity index (χ0v) is 12.3. The number of benzene rings is 1. The normalized spacial score (nSPS) is 10.2. The summed E-state index contributed by atoms with van der Waals surface area (Å²) in [6, 6.07) is 4.72. The van der Waals surface area contributed by atoms with Gasteiger partial charge in [-0.25, -0.2) is 0 Å². The quantitative estimate of drug-likeness (QED) is 0.600. The lowest BCUT2D eigenvalue weighted by atomic mass is 10.2. The maximum atomic E-state index is 11.7. The fraction of sp³-hybridized carbons (Fsp3) is 0.364. The molecule has 94 valence electrons. The third-order valence-corrected chi connectivity index (χ3v) is 2.77. The zero-order chi connectivity index (χ0) is 12.7. The highest BCUT2D eigenvalue weighted by Crippen LogP contribution is 2.21. The minimum absolute atomic E-state index is 0.0351. The summed E-state index contributed by atoms with van der Waals surface area (Å²) in [4.78, 5) is 11.7. The number of hydrogen-bond donors (Lipinski definition) is 2. The molecule has 4 nitrogen and oxygen atoms in total. The molecule has 0 aliphatic heterocycles. The number of phenols is 1. The number of alkyl halides is 1. The van der Waals surface area contributed by atoms with Crippen molar-refractivity contribution in [1.29, 1.82) is 0 Å².